The number of hydrogen-bond donors (Lipinski definition) is 1. The van der Waals surface area contributed by atoms with Gasteiger partial charge in [-0.3, -0.25) is 4.79 Å². The second-order valence-electron chi connectivity index (χ2n) is 2.89. The van der Waals surface area contributed by atoms with E-state index < -0.39 is 0 Å². The van der Waals surface area contributed by atoms with Crippen molar-refractivity contribution in [3.63, 3.8) is 0 Å². The number of hydrogen-bond acceptors (Lipinski definition) is 4. The van der Waals surface area contributed by atoms with Gasteiger partial charge in [0.2, 0.25) is 5.78 Å². The summed E-state index contributed by atoms with van der Waals surface area (Å²) in [6, 6.07) is 7.80. The Morgan fingerprint density at radius 1 is 1.27 bits per heavy atom. The Morgan fingerprint density at radius 2 is 2.07 bits per heavy atom. The molecule has 0 unspecified atom stereocenters. The quantitative estimate of drug-likeness (QED) is 0.738. The van der Waals surface area contributed by atoms with Crippen LogP contribution in [-0.4, -0.2) is 20.9 Å². The van der Waals surface area contributed by atoms with Gasteiger partial charge in [-0.05, 0) is 18.2 Å². The van der Waals surface area contributed by atoms with Gasteiger partial charge in [-0.15, -0.1) is 0 Å². The number of aromatic hydroxyl groups is 1. The van der Waals surface area contributed by atoms with Gasteiger partial charge in [-0.2, -0.15) is 0 Å². The van der Waals surface area contributed by atoms with Crippen molar-refractivity contribution in [1.82, 2.24) is 9.97 Å². The lowest BCUT2D eigenvalue weighted by Gasteiger charge is -2.01. The molecule has 1 heterocycles. The zero-order valence-electron chi connectivity index (χ0n) is 7.71. The maximum Gasteiger partial charge on any atom is 0.215 e. The van der Waals surface area contributed by atoms with Crippen molar-refractivity contribution in [2.24, 2.45) is 0 Å². The van der Waals surface area contributed by atoms with Crippen LogP contribution in [-0.2, 0) is 0 Å². The van der Waals surface area contributed by atoms with Crippen LogP contribution >= 0.6 is 0 Å². The summed E-state index contributed by atoms with van der Waals surface area (Å²) < 4.78 is 0. The number of nitrogens with zero attached hydrogens (tertiary/aromatic N) is 2. The number of rotatable bonds is 2. The average molecular weight is 199 g/mol. The summed E-state index contributed by atoms with van der Waals surface area (Å²) in [5.41, 5.74) is 0.441. The minimum Gasteiger partial charge on any atom is -0.507 e. The first kappa shape index (κ1) is 9.33. The first-order valence-corrected chi connectivity index (χ1v) is 4.31. The fourth-order valence-electron chi connectivity index (χ4n) is 1.19. The van der Waals surface area contributed by atoms with Gasteiger partial charge in [0.05, 0.1) is 5.56 Å². The SMILES string of the molecule is O=C(c1ccn[c]n1)c1ccccc1O. The highest BCUT2D eigenvalue weighted by molar-refractivity contribution is 6.09. The van der Waals surface area contributed by atoms with Crippen LogP contribution in [0.15, 0.2) is 36.5 Å². The standard InChI is InChI=1S/C11H7N2O2/c14-10-4-2-1-3-8(10)11(15)9-5-6-12-7-13-9/h1-6,14H. The molecule has 4 heteroatoms. The smallest absolute Gasteiger partial charge is 0.215 e. The highest BCUT2D eigenvalue weighted by Crippen LogP contribution is 2.18. The highest BCUT2D eigenvalue weighted by atomic mass is 16.3. The molecule has 15 heavy (non-hydrogen) atoms. The highest BCUT2D eigenvalue weighted by Gasteiger charge is 2.13. The van der Waals surface area contributed by atoms with E-state index in [1.165, 1.54) is 18.3 Å². The molecule has 1 aromatic heterocycles. The molecule has 0 aliphatic heterocycles. The molecule has 0 spiro atoms. The Kier molecular flexibility index (Phi) is 2.41. The number of benzene rings is 1. The molecule has 0 aliphatic carbocycles. The fraction of sp³-hybridized carbons (Fsp3) is 0. The van der Waals surface area contributed by atoms with Crippen molar-refractivity contribution in [2.75, 3.05) is 0 Å². The third-order valence-electron chi connectivity index (χ3n) is 1.92. The van der Waals surface area contributed by atoms with Gasteiger partial charge in [0.15, 0.2) is 6.33 Å². The van der Waals surface area contributed by atoms with Gasteiger partial charge in [0.25, 0.3) is 0 Å². The van der Waals surface area contributed by atoms with E-state index >= 15 is 0 Å². The zero-order valence-corrected chi connectivity index (χ0v) is 7.71. The van der Waals surface area contributed by atoms with E-state index in [1.54, 1.807) is 18.2 Å². The van der Waals surface area contributed by atoms with Gasteiger partial charge in [0.1, 0.15) is 11.4 Å². The molecule has 0 amide bonds. The molecular weight excluding hydrogens is 192 g/mol. The minimum absolute atomic E-state index is 0.0545. The summed E-state index contributed by atoms with van der Waals surface area (Å²) in [5.74, 6) is -0.395. The van der Waals surface area contributed by atoms with E-state index in [0.717, 1.165) is 0 Å². The van der Waals surface area contributed by atoms with Crippen molar-refractivity contribution in [3.8, 4) is 5.75 Å². The molecule has 0 saturated carbocycles. The lowest BCUT2D eigenvalue weighted by molar-refractivity contribution is 0.103. The van der Waals surface area contributed by atoms with Crippen LogP contribution in [0.2, 0.25) is 0 Å². The van der Waals surface area contributed by atoms with E-state index in [-0.39, 0.29) is 22.8 Å². The monoisotopic (exact) mass is 199 g/mol. The Labute approximate surface area is 86.2 Å². The van der Waals surface area contributed by atoms with Crippen molar-refractivity contribution >= 4 is 5.78 Å². The lowest BCUT2D eigenvalue weighted by Crippen LogP contribution is -2.04. The molecule has 1 radical (unpaired) electrons. The van der Waals surface area contributed by atoms with Gasteiger partial charge in [-0.1, -0.05) is 12.1 Å². The molecular formula is C11H7N2O2. The number of phenolic OH excluding ortho intramolecular Hbond substituents is 1. The third-order valence-corrected chi connectivity index (χ3v) is 1.92. The Hall–Kier alpha value is -2.23. The van der Waals surface area contributed by atoms with Crippen LogP contribution in [0.3, 0.4) is 0 Å². The minimum atomic E-state index is -0.341. The summed E-state index contributed by atoms with van der Waals surface area (Å²) in [7, 11) is 0. The van der Waals surface area contributed by atoms with E-state index in [0.29, 0.717) is 0 Å². The molecule has 0 atom stereocenters. The number of phenols is 1. The van der Waals surface area contributed by atoms with Gasteiger partial charge >= 0.3 is 0 Å². The van der Waals surface area contributed by atoms with Crippen LogP contribution in [0.25, 0.3) is 0 Å². The number of para-hydroxylation sites is 1. The van der Waals surface area contributed by atoms with E-state index in [9.17, 15) is 9.90 Å². The predicted octanol–water partition coefficient (Wildman–Crippen LogP) is 1.21. The fourth-order valence-corrected chi connectivity index (χ4v) is 1.19. The second-order valence-corrected chi connectivity index (χ2v) is 2.89. The van der Waals surface area contributed by atoms with Crippen molar-refractivity contribution in [1.29, 1.82) is 0 Å². The van der Waals surface area contributed by atoms with Crippen LogP contribution in [0, 0.1) is 6.33 Å². The second kappa shape index (κ2) is 3.88. The molecule has 4 nitrogen and oxygen atoms in total. The van der Waals surface area contributed by atoms with Gasteiger partial charge in [-0.25, -0.2) is 9.97 Å². The molecule has 2 aromatic rings. The normalized spacial score (nSPS) is 9.87. The molecule has 2 rings (SSSR count). The molecule has 0 aliphatic rings. The molecule has 0 bridgehead atoms. The van der Waals surface area contributed by atoms with Crippen molar-refractivity contribution < 1.29 is 9.90 Å². The molecule has 1 aromatic carbocycles. The summed E-state index contributed by atoms with van der Waals surface area (Å²) in [6.07, 6.45) is 3.76. The maximum atomic E-state index is 11.8. The topological polar surface area (TPSA) is 63.1 Å². The summed E-state index contributed by atoms with van der Waals surface area (Å²) in [6.45, 7) is 0. The van der Waals surface area contributed by atoms with Crippen LogP contribution in [0.4, 0.5) is 0 Å². The van der Waals surface area contributed by atoms with Crippen molar-refractivity contribution in [3.05, 3.63) is 54.1 Å². The summed E-state index contributed by atoms with van der Waals surface area (Å²) in [5, 5.41) is 9.47. The molecule has 0 saturated heterocycles. The van der Waals surface area contributed by atoms with Gasteiger partial charge < -0.3 is 5.11 Å². The van der Waals surface area contributed by atoms with Gasteiger partial charge in [0, 0.05) is 6.20 Å². The Morgan fingerprint density at radius 3 is 2.73 bits per heavy atom. The average Bonchev–Trinajstić information content (AvgIpc) is 2.30. The first-order chi connectivity index (χ1) is 7.29. The number of carbonyl (C=O) groups is 1. The Bertz CT molecular complexity index is 483. The summed E-state index contributed by atoms with van der Waals surface area (Å²) in [4.78, 5) is 19.1. The van der Waals surface area contributed by atoms with E-state index in [1.807, 2.05) is 0 Å². The Balaban J connectivity index is 2.42. The number of aromatic nitrogens is 2. The summed E-state index contributed by atoms with van der Waals surface area (Å²) >= 11 is 0. The van der Waals surface area contributed by atoms with Crippen LogP contribution in [0.5, 0.6) is 5.75 Å². The molecule has 1 N–H and O–H groups in total. The predicted molar refractivity (Wildman–Crippen MR) is 52.4 cm³/mol. The van der Waals surface area contributed by atoms with E-state index in [4.69, 9.17) is 0 Å². The first-order valence-electron chi connectivity index (χ1n) is 4.31. The molecule has 0 fully saturated rings. The maximum absolute atomic E-state index is 11.8. The molecule has 73 valence electrons. The van der Waals surface area contributed by atoms with Crippen LogP contribution in [0.1, 0.15) is 16.1 Å². The lowest BCUT2D eigenvalue weighted by atomic mass is 10.1. The number of carbonyl (C=O) groups excluding carboxylic acids is 1. The zero-order chi connectivity index (χ0) is 10.7. The largest absolute Gasteiger partial charge is 0.507 e. The number of ketones is 1. The van der Waals surface area contributed by atoms with E-state index in [2.05, 4.69) is 16.3 Å². The van der Waals surface area contributed by atoms with Crippen LogP contribution < -0.4 is 0 Å². The van der Waals surface area contributed by atoms with Crippen molar-refractivity contribution in [2.45, 2.75) is 0 Å². The third kappa shape index (κ3) is 1.83.